The summed E-state index contributed by atoms with van der Waals surface area (Å²) >= 11 is 1.48. The minimum Gasteiger partial charge on any atom is -0.341 e. The summed E-state index contributed by atoms with van der Waals surface area (Å²) in [5.74, 6) is 0.636. The van der Waals surface area contributed by atoms with Gasteiger partial charge in [-0.1, -0.05) is 41.6 Å². The number of benzene rings is 1. The zero-order valence-electron chi connectivity index (χ0n) is 15.8. The minimum absolute atomic E-state index is 0.0585. The van der Waals surface area contributed by atoms with Crippen LogP contribution in [-0.2, 0) is 17.8 Å². The Hall–Kier alpha value is -2.41. The molecule has 0 fully saturated rings. The zero-order valence-corrected chi connectivity index (χ0v) is 16.6. The summed E-state index contributed by atoms with van der Waals surface area (Å²) in [4.78, 5) is 23.4. The first-order chi connectivity index (χ1) is 12.4. The van der Waals surface area contributed by atoms with Crippen molar-refractivity contribution in [2.75, 3.05) is 13.3 Å². The van der Waals surface area contributed by atoms with Gasteiger partial charge in [-0.25, -0.2) is 9.50 Å². The number of carbonyl (C=O) groups excluding carboxylic acids is 1. The lowest BCUT2D eigenvalue weighted by atomic mass is 10.1. The van der Waals surface area contributed by atoms with Crippen molar-refractivity contribution in [3.05, 3.63) is 52.3 Å². The fourth-order valence-electron chi connectivity index (χ4n) is 2.87. The van der Waals surface area contributed by atoms with Gasteiger partial charge in [-0.15, -0.1) is 5.10 Å². The van der Waals surface area contributed by atoms with Crippen molar-refractivity contribution in [1.82, 2.24) is 24.5 Å². The first-order valence-electron chi connectivity index (χ1n) is 8.45. The number of nitrogens with zero attached hydrogens (tertiary/aromatic N) is 5. The molecule has 0 aliphatic rings. The summed E-state index contributed by atoms with van der Waals surface area (Å²) in [6.07, 6.45) is 2.23. The maximum atomic E-state index is 12.7. The predicted octanol–water partition coefficient (Wildman–Crippen LogP) is 2.97. The van der Waals surface area contributed by atoms with Crippen molar-refractivity contribution >= 4 is 23.4 Å². The normalized spacial score (nSPS) is 11.1. The topological polar surface area (TPSA) is 63.4 Å². The van der Waals surface area contributed by atoms with E-state index in [0.29, 0.717) is 23.9 Å². The highest BCUT2D eigenvalue weighted by Crippen LogP contribution is 2.18. The van der Waals surface area contributed by atoms with Crippen molar-refractivity contribution < 1.29 is 4.79 Å². The van der Waals surface area contributed by atoms with Crippen LogP contribution in [0.4, 0.5) is 0 Å². The van der Waals surface area contributed by atoms with E-state index in [1.165, 1.54) is 17.3 Å². The van der Waals surface area contributed by atoms with Crippen LogP contribution < -0.4 is 0 Å². The minimum atomic E-state index is 0.0585. The number of fused-ring (bicyclic) bond motifs is 1. The van der Waals surface area contributed by atoms with Gasteiger partial charge in [-0.2, -0.15) is 4.98 Å². The average molecular weight is 369 g/mol. The number of amides is 1. The van der Waals surface area contributed by atoms with E-state index in [0.717, 1.165) is 22.5 Å². The van der Waals surface area contributed by atoms with Gasteiger partial charge in [-0.3, -0.25) is 4.79 Å². The molecular formula is C19H23N5OS. The van der Waals surface area contributed by atoms with E-state index in [2.05, 4.69) is 46.3 Å². The van der Waals surface area contributed by atoms with Crippen LogP contribution in [0.1, 0.15) is 28.1 Å². The van der Waals surface area contributed by atoms with E-state index < -0.39 is 0 Å². The Balaban J connectivity index is 1.80. The molecule has 0 saturated carbocycles. The van der Waals surface area contributed by atoms with Gasteiger partial charge in [0.1, 0.15) is 0 Å². The smallest absolute Gasteiger partial charge is 0.253 e. The molecule has 3 aromatic rings. The molecule has 3 rings (SSSR count). The summed E-state index contributed by atoms with van der Waals surface area (Å²) in [5.41, 5.74) is 4.99. The maximum absolute atomic E-state index is 12.7. The highest BCUT2D eigenvalue weighted by Gasteiger charge is 2.18. The second kappa shape index (κ2) is 7.45. The molecule has 2 aromatic heterocycles. The third-order valence-electron chi connectivity index (χ3n) is 4.51. The van der Waals surface area contributed by atoms with E-state index in [1.807, 2.05) is 27.2 Å². The second-order valence-electron chi connectivity index (χ2n) is 6.48. The van der Waals surface area contributed by atoms with Crippen LogP contribution in [0.3, 0.4) is 0 Å². The van der Waals surface area contributed by atoms with Gasteiger partial charge >= 0.3 is 0 Å². The third kappa shape index (κ3) is 3.72. The molecular weight excluding hydrogens is 346 g/mol. The SMILES string of the molecule is CSc1nc2nc(C)c(CC(=O)N(C)Cc3ccc(C)cc3)c(C)n2n1. The Labute approximate surface area is 157 Å². The number of aryl methyl sites for hydroxylation is 3. The van der Waals surface area contributed by atoms with Gasteiger partial charge in [0.25, 0.3) is 5.78 Å². The largest absolute Gasteiger partial charge is 0.341 e. The van der Waals surface area contributed by atoms with Gasteiger partial charge in [0.15, 0.2) is 0 Å². The molecule has 1 aromatic carbocycles. The summed E-state index contributed by atoms with van der Waals surface area (Å²) < 4.78 is 1.72. The second-order valence-corrected chi connectivity index (χ2v) is 7.26. The Morgan fingerprint density at radius 1 is 1.15 bits per heavy atom. The number of hydrogen-bond acceptors (Lipinski definition) is 5. The predicted molar refractivity (Wildman–Crippen MR) is 103 cm³/mol. The molecule has 0 aliphatic carbocycles. The van der Waals surface area contributed by atoms with Crippen molar-refractivity contribution in [2.45, 2.75) is 38.9 Å². The molecule has 6 nitrogen and oxygen atoms in total. The molecule has 0 spiro atoms. The number of aromatic nitrogens is 4. The van der Waals surface area contributed by atoms with Crippen molar-refractivity contribution in [2.24, 2.45) is 0 Å². The van der Waals surface area contributed by atoms with Crippen molar-refractivity contribution in [1.29, 1.82) is 0 Å². The number of carbonyl (C=O) groups is 1. The van der Waals surface area contributed by atoms with Crippen LogP contribution in [0.25, 0.3) is 5.78 Å². The fraction of sp³-hybridized carbons (Fsp3) is 0.368. The average Bonchev–Trinajstić information content (AvgIpc) is 3.03. The number of likely N-dealkylation sites (N-methyl/N-ethyl adjacent to an activating group) is 1. The molecule has 0 N–H and O–H groups in total. The van der Waals surface area contributed by atoms with E-state index >= 15 is 0 Å². The number of hydrogen-bond donors (Lipinski definition) is 0. The molecule has 0 aliphatic heterocycles. The first kappa shape index (κ1) is 18.4. The van der Waals surface area contributed by atoms with Crippen LogP contribution >= 0.6 is 11.8 Å². The van der Waals surface area contributed by atoms with E-state index in [9.17, 15) is 4.79 Å². The first-order valence-corrected chi connectivity index (χ1v) is 9.68. The Kier molecular flexibility index (Phi) is 5.27. The van der Waals surface area contributed by atoms with Crippen LogP contribution in [0, 0.1) is 20.8 Å². The molecule has 0 bridgehead atoms. The van der Waals surface area contributed by atoms with Gasteiger partial charge in [-0.05, 0) is 32.6 Å². The number of thioether (sulfide) groups is 1. The molecule has 2 heterocycles. The summed E-state index contributed by atoms with van der Waals surface area (Å²) in [7, 11) is 1.83. The molecule has 136 valence electrons. The lowest BCUT2D eigenvalue weighted by molar-refractivity contribution is -0.129. The van der Waals surface area contributed by atoms with E-state index in [4.69, 9.17) is 0 Å². The lowest BCUT2D eigenvalue weighted by Crippen LogP contribution is -2.28. The molecule has 0 atom stereocenters. The summed E-state index contributed by atoms with van der Waals surface area (Å²) in [5, 5.41) is 5.12. The fourth-order valence-corrected chi connectivity index (χ4v) is 3.21. The van der Waals surface area contributed by atoms with Crippen molar-refractivity contribution in [3.8, 4) is 0 Å². The molecule has 0 unspecified atom stereocenters. The zero-order chi connectivity index (χ0) is 18.8. The van der Waals surface area contributed by atoms with Crippen LogP contribution in [-0.4, -0.2) is 43.7 Å². The number of rotatable bonds is 5. The van der Waals surface area contributed by atoms with Crippen molar-refractivity contribution in [3.63, 3.8) is 0 Å². The quantitative estimate of drug-likeness (QED) is 0.647. The summed E-state index contributed by atoms with van der Waals surface area (Å²) in [6, 6.07) is 8.24. The Morgan fingerprint density at radius 3 is 2.50 bits per heavy atom. The standard InChI is InChI=1S/C19H23N5OS/c1-12-6-8-15(9-7-12)11-23(4)17(25)10-16-13(2)20-18-21-19(26-5)22-24(18)14(16)3/h6-9H,10-11H2,1-5H3. The monoisotopic (exact) mass is 369 g/mol. The van der Waals surface area contributed by atoms with Gasteiger partial charge in [0, 0.05) is 30.5 Å². The lowest BCUT2D eigenvalue weighted by Gasteiger charge is -2.19. The van der Waals surface area contributed by atoms with E-state index in [1.54, 1.807) is 9.42 Å². The van der Waals surface area contributed by atoms with Crippen LogP contribution in [0.5, 0.6) is 0 Å². The van der Waals surface area contributed by atoms with E-state index in [-0.39, 0.29) is 5.91 Å². The molecule has 0 saturated heterocycles. The van der Waals surface area contributed by atoms with Gasteiger partial charge < -0.3 is 4.90 Å². The molecule has 0 radical (unpaired) electrons. The Bertz CT molecular complexity index is 949. The molecule has 7 heteroatoms. The third-order valence-corrected chi connectivity index (χ3v) is 5.04. The van der Waals surface area contributed by atoms with Crippen LogP contribution in [0.2, 0.25) is 0 Å². The summed E-state index contributed by atoms with van der Waals surface area (Å²) in [6.45, 7) is 6.53. The highest BCUT2D eigenvalue weighted by atomic mass is 32.2. The van der Waals surface area contributed by atoms with Gasteiger partial charge in [0.2, 0.25) is 11.1 Å². The molecule has 26 heavy (non-hydrogen) atoms. The highest BCUT2D eigenvalue weighted by molar-refractivity contribution is 7.98. The Morgan fingerprint density at radius 2 is 1.85 bits per heavy atom. The molecule has 1 amide bonds. The maximum Gasteiger partial charge on any atom is 0.253 e. The van der Waals surface area contributed by atoms with Gasteiger partial charge in [0.05, 0.1) is 6.42 Å². The van der Waals surface area contributed by atoms with Crippen LogP contribution in [0.15, 0.2) is 29.4 Å².